The average molecular weight is 326 g/mol. The SMILES string of the molecule is CCCOc1ccc(C(N)CC2CCCC2)cc1Br. The molecule has 0 aromatic heterocycles. The zero-order chi connectivity index (χ0) is 13.7. The van der Waals surface area contributed by atoms with Crippen LogP contribution in [-0.4, -0.2) is 6.61 Å². The molecule has 0 radical (unpaired) electrons. The summed E-state index contributed by atoms with van der Waals surface area (Å²) in [6.45, 7) is 2.87. The number of hydrogen-bond acceptors (Lipinski definition) is 2. The van der Waals surface area contributed by atoms with Crippen molar-refractivity contribution in [3.8, 4) is 5.75 Å². The molecular weight excluding hydrogens is 302 g/mol. The topological polar surface area (TPSA) is 35.2 Å². The lowest BCUT2D eigenvalue weighted by Gasteiger charge is -2.18. The lowest BCUT2D eigenvalue weighted by atomic mass is 9.94. The van der Waals surface area contributed by atoms with Gasteiger partial charge in [-0.25, -0.2) is 0 Å². The van der Waals surface area contributed by atoms with Gasteiger partial charge in [-0.2, -0.15) is 0 Å². The molecule has 0 bridgehead atoms. The molecular formula is C16H24BrNO. The Morgan fingerprint density at radius 3 is 2.74 bits per heavy atom. The molecule has 1 aromatic carbocycles. The van der Waals surface area contributed by atoms with E-state index in [2.05, 4.69) is 35.0 Å². The quantitative estimate of drug-likeness (QED) is 0.813. The molecule has 1 aliphatic carbocycles. The summed E-state index contributed by atoms with van der Waals surface area (Å²) in [6, 6.07) is 6.41. The Morgan fingerprint density at radius 2 is 2.11 bits per heavy atom. The van der Waals surface area contributed by atoms with Gasteiger partial charge >= 0.3 is 0 Å². The van der Waals surface area contributed by atoms with E-state index in [1.807, 2.05) is 6.07 Å². The molecule has 2 N–H and O–H groups in total. The lowest BCUT2D eigenvalue weighted by molar-refractivity contribution is 0.315. The number of benzene rings is 1. The van der Waals surface area contributed by atoms with Crippen LogP contribution in [0.3, 0.4) is 0 Å². The Morgan fingerprint density at radius 1 is 1.37 bits per heavy atom. The third kappa shape index (κ3) is 4.22. The summed E-state index contributed by atoms with van der Waals surface area (Å²) in [5.41, 5.74) is 7.54. The van der Waals surface area contributed by atoms with Gasteiger partial charge in [0.1, 0.15) is 5.75 Å². The molecule has 0 spiro atoms. The maximum atomic E-state index is 6.33. The van der Waals surface area contributed by atoms with Crippen molar-refractivity contribution < 1.29 is 4.74 Å². The molecule has 0 saturated heterocycles. The van der Waals surface area contributed by atoms with Crippen molar-refractivity contribution in [2.75, 3.05) is 6.61 Å². The highest BCUT2D eigenvalue weighted by molar-refractivity contribution is 9.10. The fourth-order valence-corrected chi connectivity index (χ4v) is 3.33. The van der Waals surface area contributed by atoms with Crippen molar-refractivity contribution in [3.63, 3.8) is 0 Å². The van der Waals surface area contributed by atoms with E-state index in [0.29, 0.717) is 0 Å². The minimum atomic E-state index is 0.152. The monoisotopic (exact) mass is 325 g/mol. The van der Waals surface area contributed by atoms with Crippen molar-refractivity contribution in [2.24, 2.45) is 11.7 Å². The second kappa shape index (κ2) is 7.30. The van der Waals surface area contributed by atoms with Crippen molar-refractivity contribution in [2.45, 2.75) is 51.5 Å². The average Bonchev–Trinajstić information content (AvgIpc) is 2.90. The number of nitrogens with two attached hydrogens (primary N) is 1. The zero-order valence-corrected chi connectivity index (χ0v) is 13.3. The van der Waals surface area contributed by atoms with Crippen LogP contribution in [0, 0.1) is 5.92 Å². The van der Waals surface area contributed by atoms with Crippen LogP contribution in [0.4, 0.5) is 0 Å². The molecule has 0 aliphatic heterocycles. The smallest absolute Gasteiger partial charge is 0.133 e. The Kier molecular flexibility index (Phi) is 5.71. The number of halogens is 1. The van der Waals surface area contributed by atoms with E-state index in [9.17, 15) is 0 Å². The van der Waals surface area contributed by atoms with E-state index >= 15 is 0 Å². The van der Waals surface area contributed by atoms with Gasteiger partial charge in [0.15, 0.2) is 0 Å². The number of ether oxygens (including phenoxy) is 1. The highest BCUT2D eigenvalue weighted by Crippen LogP contribution is 2.34. The van der Waals surface area contributed by atoms with Crippen LogP contribution in [0.25, 0.3) is 0 Å². The molecule has 1 aliphatic rings. The molecule has 1 atom stereocenters. The predicted molar refractivity (Wildman–Crippen MR) is 83.4 cm³/mol. The Labute approximate surface area is 124 Å². The van der Waals surface area contributed by atoms with E-state index in [1.165, 1.54) is 31.2 Å². The van der Waals surface area contributed by atoms with Crippen molar-refractivity contribution in [3.05, 3.63) is 28.2 Å². The summed E-state index contributed by atoms with van der Waals surface area (Å²) in [7, 11) is 0. The first kappa shape index (κ1) is 14.9. The Bertz CT molecular complexity index is 402. The summed E-state index contributed by atoms with van der Waals surface area (Å²) in [6.07, 6.45) is 7.60. The van der Waals surface area contributed by atoms with Gasteiger partial charge in [-0.15, -0.1) is 0 Å². The minimum absolute atomic E-state index is 0.152. The number of rotatable bonds is 6. The summed E-state index contributed by atoms with van der Waals surface area (Å²) in [4.78, 5) is 0. The second-order valence-corrected chi connectivity index (χ2v) is 6.39. The third-order valence-corrected chi connectivity index (χ3v) is 4.53. The second-order valence-electron chi connectivity index (χ2n) is 5.53. The van der Waals surface area contributed by atoms with Crippen LogP contribution in [0.2, 0.25) is 0 Å². The van der Waals surface area contributed by atoms with E-state index in [1.54, 1.807) is 0 Å². The van der Waals surface area contributed by atoms with Gasteiger partial charge in [0.25, 0.3) is 0 Å². The Hall–Kier alpha value is -0.540. The first-order valence-electron chi connectivity index (χ1n) is 7.38. The molecule has 1 aromatic rings. The summed E-state index contributed by atoms with van der Waals surface area (Å²) in [5, 5.41) is 0. The van der Waals surface area contributed by atoms with Crippen LogP contribution >= 0.6 is 15.9 Å². The fourth-order valence-electron chi connectivity index (χ4n) is 2.82. The van der Waals surface area contributed by atoms with Gasteiger partial charge in [-0.05, 0) is 52.4 Å². The molecule has 19 heavy (non-hydrogen) atoms. The molecule has 2 rings (SSSR count). The van der Waals surface area contributed by atoms with Gasteiger partial charge in [0.2, 0.25) is 0 Å². The van der Waals surface area contributed by atoms with E-state index in [0.717, 1.165) is 35.6 Å². The highest BCUT2D eigenvalue weighted by Gasteiger charge is 2.19. The molecule has 2 nitrogen and oxygen atoms in total. The number of hydrogen-bond donors (Lipinski definition) is 1. The molecule has 1 saturated carbocycles. The largest absolute Gasteiger partial charge is 0.492 e. The van der Waals surface area contributed by atoms with Crippen molar-refractivity contribution in [1.82, 2.24) is 0 Å². The maximum Gasteiger partial charge on any atom is 0.133 e. The molecule has 3 heteroatoms. The molecule has 1 unspecified atom stereocenters. The third-order valence-electron chi connectivity index (χ3n) is 3.91. The van der Waals surface area contributed by atoms with Crippen LogP contribution in [0.1, 0.15) is 57.1 Å². The molecule has 0 heterocycles. The summed E-state index contributed by atoms with van der Waals surface area (Å²) >= 11 is 3.58. The lowest BCUT2D eigenvalue weighted by Crippen LogP contribution is -2.14. The van der Waals surface area contributed by atoms with Crippen LogP contribution in [0.5, 0.6) is 5.75 Å². The van der Waals surface area contributed by atoms with Gasteiger partial charge in [-0.1, -0.05) is 38.7 Å². The summed E-state index contributed by atoms with van der Waals surface area (Å²) < 4.78 is 6.68. The van der Waals surface area contributed by atoms with E-state index < -0.39 is 0 Å². The van der Waals surface area contributed by atoms with Gasteiger partial charge in [0, 0.05) is 6.04 Å². The minimum Gasteiger partial charge on any atom is -0.492 e. The highest BCUT2D eigenvalue weighted by atomic mass is 79.9. The van der Waals surface area contributed by atoms with E-state index in [4.69, 9.17) is 10.5 Å². The van der Waals surface area contributed by atoms with Gasteiger partial charge in [-0.3, -0.25) is 0 Å². The van der Waals surface area contributed by atoms with Crippen LogP contribution < -0.4 is 10.5 Å². The zero-order valence-electron chi connectivity index (χ0n) is 11.7. The molecule has 106 valence electrons. The first-order chi connectivity index (χ1) is 9.20. The summed E-state index contributed by atoms with van der Waals surface area (Å²) in [5.74, 6) is 1.74. The van der Waals surface area contributed by atoms with Crippen LogP contribution in [0.15, 0.2) is 22.7 Å². The molecule has 1 fully saturated rings. The fraction of sp³-hybridized carbons (Fsp3) is 0.625. The first-order valence-corrected chi connectivity index (χ1v) is 8.17. The predicted octanol–water partition coefficient (Wildman–Crippen LogP) is 4.82. The molecule has 0 amide bonds. The van der Waals surface area contributed by atoms with E-state index in [-0.39, 0.29) is 6.04 Å². The normalized spacial score (nSPS) is 17.6. The standard InChI is InChI=1S/C16H24BrNO/c1-2-9-19-16-8-7-13(11-14(16)17)15(18)10-12-5-3-4-6-12/h7-8,11-12,15H,2-6,9-10,18H2,1H3. The van der Waals surface area contributed by atoms with Crippen molar-refractivity contribution in [1.29, 1.82) is 0 Å². The van der Waals surface area contributed by atoms with Crippen molar-refractivity contribution >= 4 is 15.9 Å². The van der Waals surface area contributed by atoms with Crippen LogP contribution in [-0.2, 0) is 0 Å². The van der Waals surface area contributed by atoms with Gasteiger partial charge < -0.3 is 10.5 Å². The Balaban J connectivity index is 1.97. The van der Waals surface area contributed by atoms with Gasteiger partial charge in [0.05, 0.1) is 11.1 Å². The maximum absolute atomic E-state index is 6.33.